The first-order chi connectivity index (χ1) is 12.0. The van der Waals surface area contributed by atoms with Crippen LogP contribution in [0.25, 0.3) is 10.9 Å². The lowest BCUT2D eigenvalue weighted by Crippen LogP contribution is -2.43. The number of ether oxygens (including phenoxy) is 2. The van der Waals surface area contributed by atoms with Gasteiger partial charge in [-0.05, 0) is 19.1 Å². The van der Waals surface area contributed by atoms with E-state index in [1.54, 1.807) is 10.6 Å². The van der Waals surface area contributed by atoms with Gasteiger partial charge in [0.05, 0.1) is 29.9 Å². The standard InChI is InChI=1S/C17H20FN3O4/c1-3-20-10-15(25-17(23)24-2)16(22)11-8-12(18)14(9-13(11)20)21-6-4-19-5-7-21/h8-10,19H,3-7H2,1-2H3. The first-order valence-electron chi connectivity index (χ1n) is 8.13. The molecule has 134 valence electrons. The zero-order chi connectivity index (χ0) is 18.0. The van der Waals surface area contributed by atoms with Gasteiger partial charge in [0, 0.05) is 32.7 Å². The minimum absolute atomic E-state index is 0.166. The normalized spacial score (nSPS) is 14.6. The highest BCUT2D eigenvalue weighted by atomic mass is 19.1. The number of halogens is 1. The Morgan fingerprint density at radius 3 is 2.68 bits per heavy atom. The maximum Gasteiger partial charge on any atom is 0.513 e. The number of aryl methyl sites for hydroxylation is 1. The number of aromatic nitrogens is 1. The summed E-state index contributed by atoms with van der Waals surface area (Å²) in [5.41, 5.74) is 0.521. The second kappa shape index (κ2) is 7.10. The minimum Gasteiger partial charge on any atom is -0.437 e. The number of benzene rings is 1. The van der Waals surface area contributed by atoms with E-state index in [1.165, 1.54) is 12.3 Å². The zero-order valence-corrected chi connectivity index (χ0v) is 14.2. The molecule has 0 unspecified atom stereocenters. The van der Waals surface area contributed by atoms with Crippen LogP contribution in [0.15, 0.2) is 23.1 Å². The van der Waals surface area contributed by atoms with Crippen molar-refractivity contribution in [3.05, 3.63) is 34.4 Å². The Labute approximate surface area is 143 Å². The van der Waals surface area contributed by atoms with Crippen molar-refractivity contribution in [3.63, 3.8) is 0 Å². The Bertz CT molecular complexity index is 859. The molecule has 1 N–H and O–H groups in total. The summed E-state index contributed by atoms with van der Waals surface area (Å²) in [6, 6.07) is 2.90. The van der Waals surface area contributed by atoms with E-state index >= 15 is 0 Å². The van der Waals surface area contributed by atoms with Gasteiger partial charge in [-0.15, -0.1) is 0 Å². The van der Waals surface area contributed by atoms with Crippen LogP contribution in [-0.4, -0.2) is 44.0 Å². The van der Waals surface area contributed by atoms with Crippen molar-refractivity contribution < 1.29 is 18.7 Å². The summed E-state index contributed by atoms with van der Waals surface area (Å²) in [4.78, 5) is 25.8. The molecule has 0 atom stereocenters. The van der Waals surface area contributed by atoms with Crippen molar-refractivity contribution in [2.24, 2.45) is 0 Å². The molecule has 0 saturated carbocycles. The highest BCUT2D eigenvalue weighted by Crippen LogP contribution is 2.26. The van der Waals surface area contributed by atoms with Crippen LogP contribution in [0.1, 0.15) is 6.92 Å². The van der Waals surface area contributed by atoms with Crippen LogP contribution >= 0.6 is 0 Å². The molecule has 0 amide bonds. The van der Waals surface area contributed by atoms with E-state index in [4.69, 9.17) is 4.74 Å². The van der Waals surface area contributed by atoms with Gasteiger partial charge in [0.25, 0.3) is 0 Å². The molecule has 1 aromatic heterocycles. The van der Waals surface area contributed by atoms with E-state index in [-0.39, 0.29) is 11.1 Å². The quantitative estimate of drug-likeness (QED) is 0.851. The molecule has 0 aliphatic carbocycles. The number of carbonyl (C=O) groups excluding carboxylic acids is 1. The fraction of sp³-hybridized carbons (Fsp3) is 0.412. The van der Waals surface area contributed by atoms with Crippen molar-refractivity contribution in [1.29, 1.82) is 0 Å². The van der Waals surface area contributed by atoms with E-state index < -0.39 is 17.4 Å². The monoisotopic (exact) mass is 349 g/mol. The molecular weight excluding hydrogens is 329 g/mol. The molecule has 2 aromatic rings. The number of pyridine rings is 1. The van der Waals surface area contributed by atoms with E-state index in [1.807, 2.05) is 11.8 Å². The lowest BCUT2D eigenvalue weighted by Gasteiger charge is -2.30. The van der Waals surface area contributed by atoms with Gasteiger partial charge in [0.2, 0.25) is 5.43 Å². The lowest BCUT2D eigenvalue weighted by molar-refractivity contribution is 0.121. The Morgan fingerprint density at radius 2 is 2.04 bits per heavy atom. The van der Waals surface area contributed by atoms with Crippen LogP contribution < -0.4 is 20.4 Å². The third-order valence-corrected chi connectivity index (χ3v) is 4.27. The molecule has 0 spiro atoms. The number of hydrogen-bond acceptors (Lipinski definition) is 6. The first-order valence-corrected chi connectivity index (χ1v) is 8.13. The Kier molecular flexibility index (Phi) is 4.89. The summed E-state index contributed by atoms with van der Waals surface area (Å²) < 4.78 is 25.7. The summed E-state index contributed by atoms with van der Waals surface area (Å²) >= 11 is 0. The highest BCUT2D eigenvalue weighted by molar-refractivity contribution is 5.85. The molecule has 0 radical (unpaired) electrons. The number of hydrogen-bond donors (Lipinski definition) is 1. The van der Waals surface area contributed by atoms with Crippen molar-refractivity contribution in [2.75, 3.05) is 38.2 Å². The van der Waals surface area contributed by atoms with Crippen molar-refractivity contribution in [3.8, 4) is 5.75 Å². The third kappa shape index (κ3) is 3.30. The van der Waals surface area contributed by atoms with Crippen LogP contribution in [-0.2, 0) is 11.3 Å². The molecule has 1 aliphatic heterocycles. The Hall–Kier alpha value is -2.61. The van der Waals surface area contributed by atoms with Crippen LogP contribution in [0.2, 0.25) is 0 Å². The molecular formula is C17H20FN3O4. The van der Waals surface area contributed by atoms with Crippen LogP contribution in [0.3, 0.4) is 0 Å². The molecule has 1 aliphatic rings. The number of piperazine rings is 1. The molecule has 1 aromatic carbocycles. The minimum atomic E-state index is -0.989. The second-order valence-electron chi connectivity index (χ2n) is 5.72. The number of methoxy groups -OCH3 is 1. The SMILES string of the molecule is CCn1cc(OC(=O)OC)c(=O)c2cc(F)c(N3CCNCC3)cc21. The van der Waals surface area contributed by atoms with Crippen molar-refractivity contribution in [1.82, 2.24) is 9.88 Å². The van der Waals surface area contributed by atoms with Gasteiger partial charge in [0.1, 0.15) is 5.82 Å². The number of carbonyl (C=O) groups is 1. The van der Waals surface area contributed by atoms with Gasteiger partial charge in [-0.3, -0.25) is 4.79 Å². The number of rotatable bonds is 3. The molecule has 8 heteroatoms. The predicted octanol–water partition coefficient (Wildman–Crippen LogP) is 1.72. The Balaban J connectivity index is 2.14. The van der Waals surface area contributed by atoms with Crippen LogP contribution in [0.5, 0.6) is 5.75 Å². The number of nitrogens with zero attached hydrogens (tertiary/aromatic N) is 2. The first kappa shape index (κ1) is 17.2. The van der Waals surface area contributed by atoms with E-state index in [0.29, 0.717) is 30.8 Å². The average molecular weight is 349 g/mol. The van der Waals surface area contributed by atoms with Crippen molar-refractivity contribution >= 4 is 22.7 Å². The lowest BCUT2D eigenvalue weighted by atomic mass is 10.1. The topological polar surface area (TPSA) is 72.8 Å². The van der Waals surface area contributed by atoms with Gasteiger partial charge in [-0.25, -0.2) is 9.18 Å². The smallest absolute Gasteiger partial charge is 0.437 e. The third-order valence-electron chi connectivity index (χ3n) is 4.27. The van der Waals surface area contributed by atoms with E-state index in [0.717, 1.165) is 20.2 Å². The maximum absolute atomic E-state index is 14.6. The number of fused-ring (bicyclic) bond motifs is 1. The van der Waals surface area contributed by atoms with Crippen LogP contribution in [0.4, 0.5) is 14.9 Å². The second-order valence-corrected chi connectivity index (χ2v) is 5.72. The van der Waals surface area contributed by atoms with Gasteiger partial charge in [-0.1, -0.05) is 0 Å². The van der Waals surface area contributed by atoms with Crippen molar-refractivity contribution in [2.45, 2.75) is 13.5 Å². The van der Waals surface area contributed by atoms with Gasteiger partial charge >= 0.3 is 6.16 Å². The van der Waals surface area contributed by atoms with Gasteiger partial charge in [-0.2, -0.15) is 0 Å². The van der Waals surface area contributed by atoms with E-state index in [2.05, 4.69) is 10.1 Å². The molecule has 25 heavy (non-hydrogen) atoms. The molecule has 7 nitrogen and oxygen atoms in total. The zero-order valence-electron chi connectivity index (χ0n) is 14.2. The summed E-state index contributed by atoms with van der Waals surface area (Å²) in [6.45, 7) is 5.37. The van der Waals surface area contributed by atoms with Gasteiger partial charge < -0.3 is 24.3 Å². The highest BCUT2D eigenvalue weighted by Gasteiger charge is 2.19. The molecule has 1 fully saturated rings. The van der Waals surface area contributed by atoms with E-state index in [9.17, 15) is 14.0 Å². The predicted molar refractivity (Wildman–Crippen MR) is 92.0 cm³/mol. The largest absolute Gasteiger partial charge is 0.513 e. The summed E-state index contributed by atoms with van der Waals surface area (Å²) in [6.07, 6.45) is 0.457. The molecule has 0 bridgehead atoms. The summed E-state index contributed by atoms with van der Waals surface area (Å²) in [5, 5.41) is 3.39. The summed E-state index contributed by atoms with van der Waals surface area (Å²) in [5.74, 6) is -0.653. The molecule has 2 heterocycles. The average Bonchev–Trinajstić information content (AvgIpc) is 2.64. The Morgan fingerprint density at radius 1 is 1.32 bits per heavy atom. The molecule has 3 rings (SSSR count). The number of anilines is 1. The van der Waals surface area contributed by atoms with Gasteiger partial charge in [0.15, 0.2) is 5.75 Å². The fourth-order valence-electron chi connectivity index (χ4n) is 2.99. The van der Waals surface area contributed by atoms with Crippen LogP contribution in [0, 0.1) is 5.82 Å². The number of nitrogens with one attached hydrogen (secondary N) is 1. The molecule has 1 saturated heterocycles. The maximum atomic E-state index is 14.6. The summed E-state index contributed by atoms with van der Waals surface area (Å²) in [7, 11) is 1.15. The fourth-order valence-corrected chi connectivity index (χ4v) is 2.99.